The first-order valence-electron chi connectivity index (χ1n) is 8.24. The topological polar surface area (TPSA) is 78.5 Å². The molecule has 0 unspecified atom stereocenters. The molecule has 0 bridgehead atoms. The number of nitrogens with zero attached hydrogens (tertiary/aromatic N) is 1. The molecule has 3 aromatic carbocycles. The molecule has 27 heavy (non-hydrogen) atoms. The van der Waals surface area contributed by atoms with Crippen LogP contribution in [0.5, 0.6) is 0 Å². The molecule has 3 aromatic rings. The van der Waals surface area contributed by atoms with Crippen LogP contribution >= 0.6 is 0 Å². The number of rotatable bonds is 6. The summed E-state index contributed by atoms with van der Waals surface area (Å²) < 4.78 is 26.7. The molecule has 1 amide bonds. The Balaban J connectivity index is 1.71. The molecule has 0 aliphatic heterocycles. The first-order valence-corrected chi connectivity index (χ1v) is 9.68. The molecular weight excluding hydrogens is 362 g/mol. The van der Waals surface area contributed by atoms with Crippen molar-refractivity contribution in [1.29, 1.82) is 0 Å². The van der Waals surface area contributed by atoms with Crippen LogP contribution in [0.3, 0.4) is 0 Å². The molecule has 7 heteroatoms. The Morgan fingerprint density at radius 3 is 1.96 bits per heavy atom. The van der Waals surface area contributed by atoms with Gasteiger partial charge in [-0.3, -0.25) is 20.0 Å². The maximum atomic E-state index is 12.7. The van der Waals surface area contributed by atoms with Crippen molar-refractivity contribution in [1.82, 2.24) is 5.43 Å². The first kappa shape index (κ1) is 18.5. The van der Waals surface area contributed by atoms with E-state index in [0.717, 1.165) is 5.69 Å². The van der Waals surface area contributed by atoms with Gasteiger partial charge < -0.3 is 0 Å². The van der Waals surface area contributed by atoms with Gasteiger partial charge in [0.15, 0.2) is 0 Å². The van der Waals surface area contributed by atoms with Gasteiger partial charge in [-0.15, -0.1) is 0 Å². The molecule has 3 rings (SSSR count). The monoisotopic (exact) mass is 381 g/mol. The van der Waals surface area contributed by atoms with E-state index in [4.69, 9.17) is 0 Å². The molecule has 0 saturated carbocycles. The smallest absolute Gasteiger partial charge is 0.269 e. The number of para-hydroxylation sites is 2. The number of hydrogen-bond donors (Lipinski definition) is 2. The maximum absolute atomic E-state index is 12.7. The Morgan fingerprint density at radius 2 is 1.37 bits per heavy atom. The van der Waals surface area contributed by atoms with Crippen molar-refractivity contribution < 1.29 is 13.2 Å². The summed E-state index contributed by atoms with van der Waals surface area (Å²) in [4.78, 5) is 12.3. The average Bonchev–Trinajstić information content (AvgIpc) is 2.73. The molecule has 0 radical (unpaired) electrons. The van der Waals surface area contributed by atoms with Crippen LogP contribution < -0.4 is 15.2 Å². The summed E-state index contributed by atoms with van der Waals surface area (Å²) in [6.07, 6.45) is 0. The van der Waals surface area contributed by atoms with Crippen LogP contribution in [-0.2, 0) is 10.0 Å². The van der Waals surface area contributed by atoms with Gasteiger partial charge in [-0.05, 0) is 48.5 Å². The lowest BCUT2D eigenvalue weighted by Gasteiger charge is -2.19. The van der Waals surface area contributed by atoms with Crippen molar-refractivity contribution >= 4 is 27.3 Å². The molecule has 0 aliphatic carbocycles. The van der Waals surface area contributed by atoms with Gasteiger partial charge in [-0.25, -0.2) is 8.42 Å². The molecule has 0 heterocycles. The molecule has 2 N–H and O–H groups in total. The van der Waals surface area contributed by atoms with Gasteiger partial charge in [0.05, 0.1) is 16.3 Å². The Kier molecular flexibility index (Phi) is 5.42. The molecule has 0 aliphatic rings. The summed E-state index contributed by atoms with van der Waals surface area (Å²) in [5, 5.41) is 0. The number of benzene rings is 3. The molecule has 0 saturated heterocycles. The SMILES string of the molecule is CN(c1ccccc1)S(=O)(=O)c1ccc(C(=O)NNc2ccccc2)cc1. The summed E-state index contributed by atoms with van der Waals surface area (Å²) in [5.41, 5.74) is 7.03. The number of sulfonamides is 1. The first-order chi connectivity index (χ1) is 13.0. The fourth-order valence-electron chi connectivity index (χ4n) is 2.44. The zero-order chi connectivity index (χ0) is 19.3. The van der Waals surface area contributed by atoms with E-state index in [-0.39, 0.29) is 10.8 Å². The predicted octanol–water partition coefficient (Wildman–Crippen LogP) is 3.27. The van der Waals surface area contributed by atoms with Gasteiger partial charge in [-0.1, -0.05) is 36.4 Å². The van der Waals surface area contributed by atoms with Crippen molar-refractivity contribution in [3.8, 4) is 0 Å². The highest BCUT2D eigenvalue weighted by molar-refractivity contribution is 7.92. The van der Waals surface area contributed by atoms with Crippen LogP contribution in [0.25, 0.3) is 0 Å². The maximum Gasteiger partial charge on any atom is 0.269 e. The second-order valence-electron chi connectivity index (χ2n) is 5.78. The molecular formula is C20H19N3O3S. The van der Waals surface area contributed by atoms with E-state index in [2.05, 4.69) is 10.9 Å². The van der Waals surface area contributed by atoms with E-state index in [0.29, 0.717) is 11.3 Å². The number of hydrazine groups is 1. The fraction of sp³-hybridized carbons (Fsp3) is 0.0500. The number of nitrogens with one attached hydrogen (secondary N) is 2. The summed E-state index contributed by atoms with van der Waals surface area (Å²) in [7, 11) is -2.21. The molecule has 0 spiro atoms. The highest BCUT2D eigenvalue weighted by Crippen LogP contribution is 2.21. The van der Waals surface area contributed by atoms with Crippen molar-refractivity contribution in [3.63, 3.8) is 0 Å². The van der Waals surface area contributed by atoms with E-state index in [9.17, 15) is 13.2 Å². The Hall–Kier alpha value is -3.32. The van der Waals surface area contributed by atoms with E-state index < -0.39 is 10.0 Å². The van der Waals surface area contributed by atoms with Crippen molar-refractivity contribution in [2.24, 2.45) is 0 Å². The quantitative estimate of drug-likeness (QED) is 0.643. The van der Waals surface area contributed by atoms with Crippen LogP contribution in [0.15, 0.2) is 89.8 Å². The van der Waals surface area contributed by atoms with Gasteiger partial charge in [0, 0.05) is 12.6 Å². The normalized spacial score (nSPS) is 10.9. The second-order valence-corrected chi connectivity index (χ2v) is 7.75. The Labute approximate surface area is 158 Å². The van der Waals surface area contributed by atoms with E-state index in [1.807, 2.05) is 36.4 Å². The zero-order valence-electron chi connectivity index (χ0n) is 14.7. The zero-order valence-corrected chi connectivity index (χ0v) is 15.5. The molecule has 0 atom stereocenters. The third kappa shape index (κ3) is 4.27. The third-order valence-corrected chi connectivity index (χ3v) is 5.79. The van der Waals surface area contributed by atoms with Crippen LogP contribution in [-0.4, -0.2) is 21.4 Å². The van der Waals surface area contributed by atoms with Gasteiger partial charge >= 0.3 is 0 Å². The van der Waals surface area contributed by atoms with Crippen molar-refractivity contribution in [3.05, 3.63) is 90.5 Å². The summed E-state index contributed by atoms with van der Waals surface area (Å²) in [5.74, 6) is -0.362. The lowest BCUT2D eigenvalue weighted by atomic mass is 10.2. The summed E-state index contributed by atoms with van der Waals surface area (Å²) >= 11 is 0. The summed E-state index contributed by atoms with van der Waals surface area (Å²) in [6, 6.07) is 23.8. The van der Waals surface area contributed by atoms with Crippen LogP contribution in [0.1, 0.15) is 10.4 Å². The van der Waals surface area contributed by atoms with Gasteiger partial charge in [0.25, 0.3) is 15.9 Å². The number of carbonyl (C=O) groups excluding carboxylic acids is 1. The number of anilines is 2. The number of carbonyl (C=O) groups is 1. The number of amides is 1. The Bertz CT molecular complexity index is 1010. The minimum atomic E-state index is -3.70. The summed E-state index contributed by atoms with van der Waals surface area (Å²) in [6.45, 7) is 0. The minimum Gasteiger partial charge on any atom is -0.298 e. The van der Waals surface area contributed by atoms with Crippen LogP contribution in [0.2, 0.25) is 0 Å². The van der Waals surface area contributed by atoms with Gasteiger partial charge in [0.2, 0.25) is 0 Å². The lowest BCUT2D eigenvalue weighted by molar-refractivity contribution is 0.0962. The highest BCUT2D eigenvalue weighted by Gasteiger charge is 2.21. The molecule has 0 fully saturated rings. The van der Waals surface area contributed by atoms with E-state index in [1.165, 1.54) is 35.6 Å². The molecule has 6 nitrogen and oxygen atoms in total. The Morgan fingerprint density at radius 1 is 0.815 bits per heavy atom. The van der Waals surface area contributed by atoms with Crippen LogP contribution in [0, 0.1) is 0 Å². The average molecular weight is 381 g/mol. The van der Waals surface area contributed by atoms with Crippen molar-refractivity contribution in [2.75, 3.05) is 16.8 Å². The highest BCUT2D eigenvalue weighted by atomic mass is 32.2. The van der Waals surface area contributed by atoms with Crippen LogP contribution in [0.4, 0.5) is 11.4 Å². The van der Waals surface area contributed by atoms with Crippen molar-refractivity contribution in [2.45, 2.75) is 4.90 Å². The molecule has 138 valence electrons. The minimum absolute atomic E-state index is 0.112. The van der Waals surface area contributed by atoms with Gasteiger partial charge in [0.1, 0.15) is 0 Å². The predicted molar refractivity (Wildman–Crippen MR) is 106 cm³/mol. The third-order valence-electron chi connectivity index (χ3n) is 3.99. The standard InChI is InChI=1S/C20H19N3O3S/c1-23(18-10-6-3-7-11-18)27(25,26)19-14-12-16(13-15-19)20(24)22-21-17-8-4-2-5-9-17/h2-15,21H,1H3,(H,22,24). The fourth-order valence-corrected chi connectivity index (χ4v) is 3.63. The second kappa shape index (κ2) is 7.92. The largest absolute Gasteiger partial charge is 0.298 e. The van der Waals surface area contributed by atoms with Gasteiger partial charge in [-0.2, -0.15) is 0 Å². The van der Waals surface area contributed by atoms with E-state index >= 15 is 0 Å². The molecule has 0 aromatic heterocycles. The number of hydrogen-bond acceptors (Lipinski definition) is 4. The van der Waals surface area contributed by atoms with E-state index in [1.54, 1.807) is 24.3 Å². The lowest BCUT2D eigenvalue weighted by Crippen LogP contribution is -2.29.